The lowest BCUT2D eigenvalue weighted by Crippen LogP contribution is -2.55. The molecule has 0 saturated heterocycles. The highest BCUT2D eigenvalue weighted by atomic mass is 16.2. The van der Waals surface area contributed by atoms with E-state index in [2.05, 4.69) is 30.9 Å². The fourth-order valence-corrected chi connectivity index (χ4v) is 3.66. The first-order valence-electron chi connectivity index (χ1n) is 11.9. The average Bonchev–Trinajstić information content (AvgIpc) is 3.43. The van der Waals surface area contributed by atoms with Gasteiger partial charge in [-0.3, -0.25) is 24.0 Å². The van der Waals surface area contributed by atoms with Gasteiger partial charge in [0.05, 0.1) is 0 Å². The number of aromatic amines is 2. The number of carbonyl (C=O) groups excluding carboxylic acids is 4. The van der Waals surface area contributed by atoms with Crippen molar-refractivity contribution in [2.45, 2.75) is 45.3 Å². The van der Waals surface area contributed by atoms with Crippen molar-refractivity contribution in [3.8, 4) is 0 Å². The summed E-state index contributed by atoms with van der Waals surface area (Å²) in [6.07, 6.45) is 4.39. The lowest BCUT2D eigenvalue weighted by Gasteiger charge is -2.23. The molecule has 2 aromatic heterocycles. The molecular formula is C26H30N6O5. The van der Waals surface area contributed by atoms with E-state index in [1.807, 2.05) is 19.9 Å². The molecule has 2 heterocycles. The standard InChI is InChI=1S/C26H30N6O5/c1-16(2)13-20(32-26(37)22-27-11-12-28-22)24(35)31-19(14-18-9-6-10-29-23(18)34)21(33)25(36)30-15-17-7-4-3-5-8-17/h3-12,16,19-20H,13-15H2,1-2H3,(H,27,28)(H,29,34)(H,30,36)(H,31,35)(H,32,37)/t19-,20-/m0/s1. The normalized spacial score (nSPS) is 12.4. The van der Waals surface area contributed by atoms with E-state index in [1.165, 1.54) is 24.7 Å². The van der Waals surface area contributed by atoms with E-state index in [4.69, 9.17) is 0 Å². The summed E-state index contributed by atoms with van der Waals surface area (Å²) >= 11 is 0. The van der Waals surface area contributed by atoms with Crippen LogP contribution in [-0.4, -0.2) is 50.5 Å². The van der Waals surface area contributed by atoms with Gasteiger partial charge >= 0.3 is 0 Å². The van der Waals surface area contributed by atoms with Crippen LogP contribution in [0.2, 0.25) is 0 Å². The smallest absolute Gasteiger partial charge is 0.289 e. The van der Waals surface area contributed by atoms with E-state index in [0.717, 1.165) is 5.56 Å². The molecule has 1 aromatic carbocycles. The van der Waals surface area contributed by atoms with Crippen LogP contribution in [0.4, 0.5) is 0 Å². The van der Waals surface area contributed by atoms with Crippen molar-refractivity contribution in [3.63, 3.8) is 0 Å². The number of Topliss-reactive ketones (excluding diaryl/α,β-unsaturated/α-hetero) is 1. The second kappa shape index (κ2) is 13.0. The Bertz CT molecular complexity index is 1270. The highest BCUT2D eigenvalue weighted by Gasteiger charge is 2.31. The minimum Gasteiger partial charge on any atom is -0.345 e. The number of nitrogens with zero attached hydrogens (tertiary/aromatic N) is 1. The number of benzene rings is 1. The molecule has 11 nitrogen and oxygen atoms in total. The second-order valence-electron chi connectivity index (χ2n) is 8.92. The second-order valence-corrected chi connectivity index (χ2v) is 8.92. The van der Waals surface area contributed by atoms with Crippen molar-refractivity contribution in [1.29, 1.82) is 0 Å². The molecular weight excluding hydrogens is 476 g/mol. The summed E-state index contributed by atoms with van der Waals surface area (Å²) in [6, 6.07) is 9.80. The highest BCUT2D eigenvalue weighted by Crippen LogP contribution is 2.08. The predicted octanol–water partition coefficient (Wildman–Crippen LogP) is 0.856. The molecule has 0 saturated carbocycles. The predicted molar refractivity (Wildman–Crippen MR) is 135 cm³/mol. The molecule has 37 heavy (non-hydrogen) atoms. The number of hydrogen-bond donors (Lipinski definition) is 5. The van der Waals surface area contributed by atoms with E-state index < -0.39 is 41.1 Å². The maximum atomic E-state index is 13.2. The van der Waals surface area contributed by atoms with Crippen LogP contribution < -0.4 is 21.5 Å². The highest BCUT2D eigenvalue weighted by molar-refractivity contribution is 6.38. The van der Waals surface area contributed by atoms with Gasteiger partial charge in [-0.1, -0.05) is 50.2 Å². The zero-order chi connectivity index (χ0) is 26.8. The summed E-state index contributed by atoms with van der Waals surface area (Å²) in [6.45, 7) is 3.87. The van der Waals surface area contributed by atoms with E-state index in [1.54, 1.807) is 30.3 Å². The van der Waals surface area contributed by atoms with Crippen LogP contribution in [0.1, 0.15) is 42.0 Å². The lowest BCUT2D eigenvalue weighted by molar-refractivity contribution is -0.140. The van der Waals surface area contributed by atoms with Gasteiger partial charge < -0.3 is 25.9 Å². The van der Waals surface area contributed by atoms with Gasteiger partial charge in [0, 0.05) is 37.1 Å². The molecule has 5 N–H and O–H groups in total. The summed E-state index contributed by atoms with van der Waals surface area (Å²) in [5.41, 5.74) is 0.572. The topological polar surface area (TPSA) is 166 Å². The van der Waals surface area contributed by atoms with Crippen LogP contribution in [0.5, 0.6) is 0 Å². The average molecular weight is 507 g/mol. The van der Waals surface area contributed by atoms with Crippen molar-refractivity contribution in [2.24, 2.45) is 5.92 Å². The minimum absolute atomic E-state index is 0.0212. The van der Waals surface area contributed by atoms with Gasteiger partial charge in [-0.25, -0.2) is 4.98 Å². The molecule has 2 atom stereocenters. The van der Waals surface area contributed by atoms with E-state index >= 15 is 0 Å². The Hall–Kier alpha value is -4.54. The first kappa shape index (κ1) is 27.1. The van der Waals surface area contributed by atoms with Gasteiger partial charge in [0.25, 0.3) is 17.4 Å². The Morgan fingerprint density at radius 2 is 1.68 bits per heavy atom. The molecule has 0 radical (unpaired) electrons. The number of hydrogen-bond acceptors (Lipinski definition) is 6. The molecule has 0 unspecified atom stereocenters. The van der Waals surface area contributed by atoms with Gasteiger partial charge in [-0.2, -0.15) is 0 Å². The zero-order valence-electron chi connectivity index (χ0n) is 20.6. The summed E-state index contributed by atoms with van der Waals surface area (Å²) in [5.74, 6) is -3.00. The monoisotopic (exact) mass is 506 g/mol. The molecule has 3 amide bonds. The van der Waals surface area contributed by atoms with Crippen LogP contribution in [0.25, 0.3) is 0 Å². The maximum absolute atomic E-state index is 13.2. The third-order valence-electron chi connectivity index (χ3n) is 5.52. The number of aromatic nitrogens is 3. The van der Waals surface area contributed by atoms with Crippen LogP contribution >= 0.6 is 0 Å². The quantitative estimate of drug-likeness (QED) is 0.229. The number of carbonyl (C=O) groups is 4. The molecule has 0 aliphatic carbocycles. The SMILES string of the molecule is CC(C)C[C@H](NC(=O)c1ncc[nH]1)C(=O)N[C@@H](Cc1ccc[nH]c1=O)C(=O)C(=O)NCc1ccccc1. The fourth-order valence-electron chi connectivity index (χ4n) is 3.66. The van der Waals surface area contributed by atoms with Crippen molar-refractivity contribution >= 4 is 23.5 Å². The van der Waals surface area contributed by atoms with Gasteiger partial charge in [0.15, 0.2) is 5.82 Å². The molecule has 0 bridgehead atoms. The minimum atomic E-state index is -1.33. The molecule has 0 spiro atoms. The molecule has 194 valence electrons. The Balaban J connectivity index is 1.78. The van der Waals surface area contributed by atoms with E-state index in [9.17, 15) is 24.0 Å². The van der Waals surface area contributed by atoms with E-state index in [-0.39, 0.29) is 36.7 Å². The Morgan fingerprint density at radius 1 is 0.919 bits per heavy atom. The van der Waals surface area contributed by atoms with Crippen LogP contribution in [0.3, 0.4) is 0 Å². The third-order valence-corrected chi connectivity index (χ3v) is 5.52. The van der Waals surface area contributed by atoms with Crippen molar-refractivity contribution < 1.29 is 19.2 Å². The van der Waals surface area contributed by atoms with E-state index in [0.29, 0.717) is 0 Å². The van der Waals surface area contributed by atoms with Gasteiger partial charge in [0.2, 0.25) is 11.7 Å². The third kappa shape index (κ3) is 7.99. The molecule has 0 fully saturated rings. The van der Waals surface area contributed by atoms with Gasteiger partial charge in [-0.05, 0) is 24.0 Å². The van der Waals surface area contributed by atoms with Crippen molar-refractivity contribution in [1.82, 2.24) is 30.9 Å². The lowest BCUT2D eigenvalue weighted by atomic mass is 9.99. The summed E-state index contributed by atoms with van der Waals surface area (Å²) in [7, 11) is 0. The molecule has 0 aliphatic rings. The summed E-state index contributed by atoms with van der Waals surface area (Å²) in [4.78, 5) is 72.9. The molecule has 0 aliphatic heterocycles. The summed E-state index contributed by atoms with van der Waals surface area (Å²) < 4.78 is 0. The first-order chi connectivity index (χ1) is 17.7. The van der Waals surface area contributed by atoms with Crippen molar-refractivity contribution in [3.05, 3.63) is 88.4 Å². The molecule has 11 heteroatoms. The van der Waals surface area contributed by atoms with Crippen LogP contribution in [-0.2, 0) is 27.3 Å². The van der Waals surface area contributed by atoms with Gasteiger partial charge in [0.1, 0.15) is 12.1 Å². The number of rotatable bonds is 12. The largest absolute Gasteiger partial charge is 0.345 e. The zero-order valence-corrected chi connectivity index (χ0v) is 20.6. The van der Waals surface area contributed by atoms with Crippen LogP contribution in [0.15, 0.2) is 65.8 Å². The number of imidazole rings is 1. The van der Waals surface area contributed by atoms with Crippen LogP contribution in [0, 0.1) is 5.92 Å². The first-order valence-corrected chi connectivity index (χ1v) is 11.9. The number of H-pyrrole nitrogens is 2. The fraction of sp³-hybridized carbons (Fsp3) is 0.308. The Labute approximate surface area is 213 Å². The molecule has 3 rings (SSSR count). The summed E-state index contributed by atoms with van der Waals surface area (Å²) in [5, 5.41) is 7.76. The number of amides is 3. The molecule has 3 aromatic rings. The number of pyridine rings is 1. The number of ketones is 1. The Kier molecular flexibility index (Phi) is 9.48. The number of nitrogens with one attached hydrogen (secondary N) is 5. The maximum Gasteiger partial charge on any atom is 0.289 e. The Morgan fingerprint density at radius 3 is 2.32 bits per heavy atom. The van der Waals surface area contributed by atoms with Crippen molar-refractivity contribution in [2.75, 3.05) is 0 Å². The van der Waals surface area contributed by atoms with Gasteiger partial charge in [-0.15, -0.1) is 0 Å².